The molecule has 0 aliphatic heterocycles. The zero-order valence-corrected chi connectivity index (χ0v) is 10.7. The maximum Gasteiger partial charge on any atom is 0.129 e. The summed E-state index contributed by atoms with van der Waals surface area (Å²) in [6, 6.07) is 3.78. The summed E-state index contributed by atoms with van der Waals surface area (Å²) < 4.78 is 13.4. The van der Waals surface area contributed by atoms with E-state index in [2.05, 4.69) is 5.32 Å². The lowest BCUT2D eigenvalue weighted by Gasteiger charge is -2.08. The normalized spacial score (nSPS) is 10.8. The van der Waals surface area contributed by atoms with Gasteiger partial charge in [0.25, 0.3) is 0 Å². The van der Waals surface area contributed by atoms with Crippen LogP contribution in [0, 0.1) is 19.7 Å². The number of aliphatic hydroxyl groups is 1. The molecule has 0 unspecified atom stereocenters. The highest BCUT2D eigenvalue weighted by Gasteiger charge is 2.03. The first-order valence-corrected chi connectivity index (χ1v) is 6.22. The Balaban J connectivity index is 2.32. The van der Waals surface area contributed by atoms with Crippen molar-refractivity contribution in [2.45, 2.75) is 39.7 Å². The van der Waals surface area contributed by atoms with E-state index in [1.165, 1.54) is 0 Å². The van der Waals surface area contributed by atoms with Crippen molar-refractivity contribution in [2.24, 2.45) is 0 Å². The fourth-order valence-electron chi connectivity index (χ4n) is 1.91. The summed E-state index contributed by atoms with van der Waals surface area (Å²) in [6.45, 7) is 5.59. The van der Waals surface area contributed by atoms with Crippen LogP contribution in [-0.2, 0) is 6.54 Å². The highest BCUT2D eigenvalue weighted by atomic mass is 19.1. The third kappa shape index (κ3) is 4.84. The number of benzene rings is 1. The number of nitrogens with one attached hydrogen (secondary N) is 1. The molecular weight excluding hydrogens is 217 g/mol. The van der Waals surface area contributed by atoms with Crippen LogP contribution in [0.15, 0.2) is 12.1 Å². The Morgan fingerprint density at radius 2 is 1.76 bits per heavy atom. The second-order valence-corrected chi connectivity index (χ2v) is 4.50. The molecule has 0 bridgehead atoms. The van der Waals surface area contributed by atoms with Gasteiger partial charge in [0, 0.05) is 13.2 Å². The van der Waals surface area contributed by atoms with E-state index < -0.39 is 0 Å². The average molecular weight is 239 g/mol. The topological polar surface area (TPSA) is 32.3 Å². The molecule has 0 fully saturated rings. The van der Waals surface area contributed by atoms with Crippen molar-refractivity contribution in [1.29, 1.82) is 0 Å². The van der Waals surface area contributed by atoms with Gasteiger partial charge in [-0.05, 0) is 56.3 Å². The Kier molecular flexibility index (Phi) is 6.16. The largest absolute Gasteiger partial charge is 0.396 e. The van der Waals surface area contributed by atoms with Crippen LogP contribution in [0.2, 0.25) is 0 Å². The molecule has 0 radical (unpaired) electrons. The number of aryl methyl sites for hydroxylation is 2. The van der Waals surface area contributed by atoms with Crippen LogP contribution >= 0.6 is 0 Å². The highest BCUT2D eigenvalue weighted by Crippen LogP contribution is 2.14. The second kappa shape index (κ2) is 7.41. The van der Waals surface area contributed by atoms with Crippen molar-refractivity contribution >= 4 is 0 Å². The Bertz CT molecular complexity index is 329. The van der Waals surface area contributed by atoms with Crippen LogP contribution < -0.4 is 5.32 Å². The van der Waals surface area contributed by atoms with Crippen LogP contribution in [0.3, 0.4) is 0 Å². The number of hydrogen-bond donors (Lipinski definition) is 2. The number of halogens is 1. The molecule has 1 rings (SSSR count). The molecule has 0 aliphatic rings. The Hall–Kier alpha value is -0.930. The lowest BCUT2D eigenvalue weighted by Crippen LogP contribution is -2.15. The fourth-order valence-corrected chi connectivity index (χ4v) is 1.91. The van der Waals surface area contributed by atoms with Gasteiger partial charge in [0.15, 0.2) is 0 Å². The van der Waals surface area contributed by atoms with Gasteiger partial charge in [0.05, 0.1) is 0 Å². The maximum atomic E-state index is 13.4. The average Bonchev–Trinajstić information content (AvgIpc) is 2.30. The van der Waals surface area contributed by atoms with Crippen molar-refractivity contribution in [1.82, 2.24) is 5.32 Å². The van der Waals surface area contributed by atoms with E-state index in [4.69, 9.17) is 5.11 Å². The summed E-state index contributed by atoms with van der Waals surface area (Å²) >= 11 is 0. The zero-order chi connectivity index (χ0) is 12.7. The second-order valence-electron chi connectivity index (χ2n) is 4.50. The predicted molar refractivity (Wildman–Crippen MR) is 68.5 cm³/mol. The van der Waals surface area contributed by atoms with Crippen molar-refractivity contribution in [2.75, 3.05) is 13.2 Å². The molecule has 1 aromatic rings. The van der Waals surface area contributed by atoms with Gasteiger partial charge in [0.2, 0.25) is 0 Å². The zero-order valence-electron chi connectivity index (χ0n) is 10.7. The van der Waals surface area contributed by atoms with Crippen molar-refractivity contribution < 1.29 is 9.50 Å². The summed E-state index contributed by atoms with van der Waals surface area (Å²) in [5.74, 6) is -0.100. The first kappa shape index (κ1) is 14.1. The lowest BCUT2D eigenvalue weighted by molar-refractivity contribution is 0.283. The van der Waals surface area contributed by atoms with E-state index in [-0.39, 0.29) is 12.4 Å². The van der Waals surface area contributed by atoms with Crippen LogP contribution in [0.4, 0.5) is 4.39 Å². The smallest absolute Gasteiger partial charge is 0.129 e. The molecule has 17 heavy (non-hydrogen) atoms. The molecule has 2 nitrogen and oxygen atoms in total. The Morgan fingerprint density at radius 3 is 2.35 bits per heavy atom. The third-order valence-corrected chi connectivity index (χ3v) is 2.84. The van der Waals surface area contributed by atoms with E-state index in [0.29, 0.717) is 11.1 Å². The van der Waals surface area contributed by atoms with Crippen molar-refractivity contribution in [3.8, 4) is 0 Å². The number of unbranched alkanes of at least 4 members (excludes halogenated alkanes) is 2. The summed E-state index contributed by atoms with van der Waals surface area (Å²) in [7, 11) is 0. The van der Waals surface area contributed by atoms with Gasteiger partial charge in [-0.1, -0.05) is 12.1 Å². The summed E-state index contributed by atoms with van der Waals surface area (Å²) in [5.41, 5.74) is 2.55. The molecule has 0 aromatic heterocycles. The Morgan fingerprint density at radius 1 is 1.12 bits per heavy atom. The molecule has 1 aromatic carbocycles. The van der Waals surface area contributed by atoms with Gasteiger partial charge >= 0.3 is 0 Å². The standard InChI is InChI=1S/C14H22FNO/c1-11-8-13(9-12(2)14(11)15)10-16-6-4-3-5-7-17/h8-9,16-17H,3-7,10H2,1-2H3. The molecule has 0 saturated carbocycles. The lowest BCUT2D eigenvalue weighted by atomic mass is 10.1. The van der Waals surface area contributed by atoms with Crippen molar-refractivity contribution in [3.63, 3.8) is 0 Å². The minimum atomic E-state index is -0.100. The molecular formula is C14H22FNO. The molecule has 0 saturated heterocycles. The van der Waals surface area contributed by atoms with Gasteiger partial charge in [-0.3, -0.25) is 0 Å². The molecule has 0 spiro atoms. The molecule has 0 amide bonds. The first-order valence-electron chi connectivity index (χ1n) is 6.22. The maximum absolute atomic E-state index is 13.4. The van der Waals surface area contributed by atoms with Crippen LogP contribution in [0.1, 0.15) is 36.0 Å². The summed E-state index contributed by atoms with van der Waals surface area (Å²) in [6.07, 6.45) is 2.99. The predicted octanol–water partition coefficient (Wildman–Crippen LogP) is 2.69. The molecule has 3 heteroatoms. The molecule has 0 aliphatic carbocycles. The van der Waals surface area contributed by atoms with Crippen molar-refractivity contribution in [3.05, 3.63) is 34.6 Å². The van der Waals surface area contributed by atoms with Gasteiger partial charge in [-0.25, -0.2) is 4.39 Å². The van der Waals surface area contributed by atoms with E-state index in [0.717, 1.165) is 37.9 Å². The van der Waals surface area contributed by atoms with Gasteiger partial charge < -0.3 is 10.4 Å². The summed E-state index contributed by atoms with van der Waals surface area (Å²) in [4.78, 5) is 0. The van der Waals surface area contributed by atoms with Gasteiger partial charge in [-0.2, -0.15) is 0 Å². The van der Waals surface area contributed by atoms with E-state index in [9.17, 15) is 4.39 Å². The Labute approximate surface area is 103 Å². The highest BCUT2D eigenvalue weighted by molar-refractivity contribution is 5.30. The number of aliphatic hydroxyl groups excluding tert-OH is 1. The monoisotopic (exact) mass is 239 g/mol. The van der Waals surface area contributed by atoms with Gasteiger partial charge in [0.1, 0.15) is 5.82 Å². The number of rotatable bonds is 7. The molecule has 0 atom stereocenters. The minimum absolute atomic E-state index is 0.100. The van der Waals surface area contributed by atoms with E-state index in [1.807, 2.05) is 12.1 Å². The third-order valence-electron chi connectivity index (χ3n) is 2.84. The summed E-state index contributed by atoms with van der Waals surface area (Å²) in [5, 5.41) is 12.0. The van der Waals surface area contributed by atoms with E-state index in [1.54, 1.807) is 13.8 Å². The van der Waals surface area contributed by atoms with Crippen LogP contribution in [0.25, 0.3) is 0 Å². The molecule has 96 valence electrons. The molecule has 2 N–H and O–H groups in total. The SMILES string of the molecule is Cc1cc(CNCCCCCO)cc(C)c1F. The van der Waals surface area contributed by atoms with Gasteiger partial charge in [-0.15, -0.1) is 0 Å². The van der Waals surface area contributed by atoms with E-state index >= 15 is 0 Å². The first-order chi connectivity index (χ1) is 8.15. The van der Waals surface area contributed by atoms with Crippen LogP contribution in [0.5, 0.6) is 0 Å². The quantitative estimate of drug-likeness (QED) is 0.717. The van der Waals surface area contributed by atoms with Crippen LogP contribution in [-0.4, -0.2) is 18.3 Å². The fraction of sp³-hybridized carbons (Fsp3) is 0.571. The molecule has 0 heterocycles. The number of hydrogen-bond acceptors (Lipinski definition) is 2. The minimum Gasteiger partial charge on any atom is -0.396 e.